The molecular weight excluding hydrogens is 373 g/mol. The molecule has 0 aliphatic carbocycles. The van der Waals surface area contributed by atoms with E-state index in [-0.39, 0.29) is 24.0 Å². The number of hydrogen-bond donors (Lipinski definition) is 1. The number of carbonyl (C=O) groups is 1. The lowest BCUT2D eigenvalue weighted by Crippen LogP contribution is -2.49. The van der Waals surface area contributed by atoms with Gasteiger partial charge in [0.1, 0.15) is 16.3 Å². The summed E-state index contributed by atoms with van der Waals surface area (Å²) in [4.78, 5) is 21.1. The smallest absolute Gasteiger partial charge is 0.420 e. The highest BCUT2D eigenvalue weighted by Gasteiger charge is 2.35. The van der Waals surface area contributed by atoms with Crippen molar-refractivity contribution in [2.45, 2.75) is 51.9 Å². The molecule has 2 heterocycles. The monoisotopic (exact) mass is 394 g/mol. The first-order chi connectivity index (χ1) is 11.9. The quantitative estimate of drug-likeness (QED) is 0.761. The second-order valence-electron chi connectivity index (χ2n) is 7.34. The number of likely N-dealkylation sites (tertiary alicyclic amines) is 1. The predicted molar refractivity (Wildman–Crippen MR) is 91.0 cm³/mol. The zero-order chi connectivity index (χ0) is 19.7. The summed E-state index contributed by atoms with van der Waals surface area (Å²) in [6.45, 7) is 8.25. The maximum Gasteiger partial charge on any atom is 0.420 e. The van der Waals surface area contributed by atoms with Crippen molar-refractivity contribution in [3.8, 4) is 0 Å². The normalized spacial score (nSPS) is 21.5. The van der Waals surface area contributed by atoms with Gasteiger partial charge in [-0.15, -0.1) is 0 Å². The number of hydrogen-bond acceptors (Lipinski definition) is 5. The third-order valence-electron chi connectivity index (χ3n) is 3.92. The fraction of sp³-hybridized carbons (Fsp3) is 0.688. The summed E-state index contributed by atoms with van der Waals surface area (Å²) >= 11 is 5.61. The van der Waals surface area contributed by atoms with E-state index in [4.69, 9.17) is 16.3 Å². The molecule has 1 aliphatic rings. The van der Waals surface area contributed by atoms with Crippen molar-refractivity contribution in [2.24, 2.45) is 5.92 Å². The van der Waals surface area contributed by atoms with Gasteiger partial charge in [-0.2, -0.15) is 13.2 Å². The number of piperidine rings is 1. The Morgan fingerprint density at radius 2 is 2.04 bits per heavy atom. The molecule has 26 heavy (non-hydrogen) atoms. The maximum atomic E-state index is 12.7. The molecule has 0 unspecified atom stereocenters. The third-order valence-corrected chi connectivity index (χ3v) is 4.21. The van der Waals surface area contributed by atoms with Crippen molar-refractivity contribution in [3.63, 3.8) is 0 Å². The van der Waals surface area contributed by atoms with Gasteiger partial charge in [-0.1, -0.05) is 18.5 Å². The summed E-state index contributed by atoms with van der Waals surface area (Å²) in [5.41, 5.74) is -1.64. The molecule has 1 saturated heterocycles. The van der Waals surface area contributed by atoms with Crippen molar-refractivity contribution < 1.29 is 22.7 Å². The standard InChI is InChI=1S/C16H22ClF3N4O2/c1-9-8-24(14(25)26-15(2,3)4)6-5-11(9)22-13-21-7-10(12(17)23-13)16(18,19)20/h7,9,11H,5-6,8H2,1-4H3,(H,21,22,23)/t9-,11+/m1/s1. The second-order valence-corrected chi connectivity index (χ2v) is 7.70. The van der Waals surface area contributed by atoms with Crippen molar-refractivity contribution >= 4 is 23.6 Å². The number of carbonyl (C=O) groups excluding carboxylic acids is 1. The average molecular weight is 395 g/mol. The van der Waals surface area contributed by atoms with Gasteiger partial charge in [0, 0.05) is 25.3 Å². The number of amides is 1. The molecule has 1 aliphatic heterocycles. The Kier molecular flexibility index (Phi) is 5.89. The zero-order valence-electron chi connectivity index (χ0n) is 15.0. The van der Waals surface area contributed by atoms with Crippen LogP contribution in [-0.4, -0.2) is 45.7 Å². The van der Waals surface area contributed by atoms with Gasteiger partial charge in [-0.25, -0.2) is 14.8 Å². The summed E-state index contributed by atoms with van der Waals surface area (Å²) < 4.78 is 43.5. The van der Waals surface area contributed by atoms with Gasteiger partial charge in [0.2, 0.25) is 5.95 Å². The first-order valence-electron chi connectivity index (χ1n) is 8.21. The molecule has 0 bridgehead atoms. The van der Waals surface area contributed by atoms with Gasteiger partial charge in [-0.3, -0.25) is 0 Å². The Bertz CT molecular complexity index is 664. The lowest BCUT2D eigenvalue weighted by atomic mass is 9.94. The van der Waals surface area contributed by atoms with Crippen LogP contribution in [0.1, 0.15) is 39.7 Å². The Hall–Kier alpha value is -1.77. The van der Waals surface area contributed by atoms with Gasteiger partial charge in [0.25, 0.3) is 0 Å². The molecule has 0 spiro atoms. The predicted octanol–water partition coefficient (Wildman–Crippen LogP) is 4.21. The molecule has 1 N–H and O–H groups in total. The van der Waals surface area contributed by atoms with E-state index in [2.05, 4.69) is 15.3 Å². The molecule has 2 rings (SSSR count). The molecule has 146 valence electrons. The number of alkyl halides is 3. The van der Waals surface area contributed by atoms with E-state index in [9.17, 15) is 18.0 Å². The number of nitrogens with one attached hydrogen (secondary N) is 1. The summed E-state index contributed by atoms with van der Waals surface area (Å²) in [5, 5.41) is 2.36. The van der Waals surface area contributed by atoms with E-state index in [1.54, 1.807) is 25.7 Å². The first kappa shape index (κ1) is 20.5. The van der Waals surface area contributed by atoms with E-state index >= 15 is 0 Å². The van der Waals surface area contributed by atoms with Crippen LogP contribution in [-0.2, 0) is 10.9 Å². The number of aromatic nitrogens is 2. The van der Waals surface area contributed by atoms with Gasteiger partial charge in [-0.05, 0) is 33.1 Å². The fourth-order valence-corrected chi connectivity index (χ4v) is 2.87. The van der Waals surface area contributed by atoms with E-state index in [0.717, 1.165) is 0 Å². The van der Waals surface area contributed by atoms with Crippen molar-refractivity contribution in [2.75, 3.05) is 18.4 Å². The average Bonchev–Trinajstić information content (AvgIpc) is 2.46. The van der Waals surface area contributed by atoms with Gasteiger partial charge in [0.15, 0.2) is 0 Å². The summed E-state index contributed by atoms with van der Waals surface area (Å²) in [6, 6.07) is -0.0958. The van der Waals surface area contributed by atoms with E-state index < -0.39 is 22.5 Å². The van der Waals surface area contributed by atoms with E-state index in [1.807, 2.05) is 6.92 Å². The molecule has 1 amide bonds. The lowest BCUT2D eigenvalue weighted by Gasteiger charge is -2.37. The fourth-order valence-electron chi connectivity index (χ4n) is 2.64. The van der Waals surface area contributed by atoms with Crippen LogP contribution in [0.25, 0.3) is 0 Å². The molecule has 1 aromatic heterocycles. The van der Waals surface area contributed by atoms with Gasteiger partial charge >= 0.3 is 12.3 Å². The van der Waals surface area contributed by atoms with Crippen LogP contribution >= 0.6 is 11.6 Å². The van der Waals surface area contributed by atoms with Crippen LogP contribution in [0.5, 0.6) is 0 Å². The Labute approximate surface area is 155 Å². The van der Waals surface area contributed by atoms with Gasteiger partial charge < -0.3 is 15.0 Å². The minimum absolute atomic E-state index is 0.0286. The highest BCUT2D eigenvalue weighted by Crippen LogP contribution is 2.33. The van der Waals surface area contributed by atoms with E-state index in [0.29, 0.717) is 25.7 Å². The van der Waals surface area contributed by atoms with Crippen LogP contribution < -0.4 is 5.32 Å². The highest BCUT2D eigenvalue weighted by atomic mass is 35.5. The Morgan fingerprint density at radius 3 is 2.54 bits per heavy atom. The van der Waals surface area contributed by atoms with Crippen molar-refractivity contribution in [1.29, 1.82) is 0 Å². The molecule has 0 radical (unpaired) electrons. The molecular formula is C16H22ClF3N4O2. The molecule has 1 aromatic rings. The summed E-state index contributed by atoms with van der Waals surface area (Å²) in [7, 11) is 0. The summed E-state index contributed by atoms with van der Waals surface area (Å²) in [5.74, 6) is 0.0616. The third kappa shape index (κ3) is 5.36. The zero-order valence-corrected chi connectivity index (χ0v) is 15.8. The molecule has 6 nitrogen and oxygen atoms in total. The van der Waals surface area contributed by atoms with Crippen LogP contribution in [0.15, 0.2) is 6.20 Å². The number of anilines is 1. The van der Waals surface area contributed by atoms with Crippen LogP contribution in [0, 0.1) is 5.92 Å². The summed E-state index contributed by atoms with van der Waals surface area (Å²) in [6.07, 6.45) is -3.72. The van der Waals surface area contributed by atoms with Crippen molar-refractivity contribution in [3.05, 3.63) is 16.9 Å². The second kappa shape index (κ2) is 7.46. The van der Waals surface area contributed by atoms with Crippen LogP contribution in [0.2, 0.25) is 5.15 Å². The lowest BCUT2D eigenvalue weighted by molar-refractivity contribution is -0.137. The van der Waals surface area contributed by atoms with Gasteiger partial charge in [0.05, 0.1) is 0 Å². The van der Waals surface area contributed by atoms with Crippen LogP contribution in [0.3, 0.4) is 0 Å². The number of ether oxygens (including phenoxy) is 1. The minimum atomic E-state index is -4.60. The maximum absolute atomic E-state index is 12.7. The molecule has 0 aromatic carbocycles. The topological polar surface area (TPSA) is 67.3 Å². The van der Waals surface area contributed by atoms with Crippen molar-refractivity contribution in [1.82, 2.24) is 14.9 Å². The largest absolute Gasteiger partial charge is 0.444 e. The minimum Gasteiger partial charge on any atom is -0.444 e. The van der Waals surface area contributed by atoms with Crippen LogP contribution in [0.4, 0.5) is 23.9 Å². The molecule has 10 heteroatoms. The molecule has 1 fully saturated rings. The number of rotatable bonds is 2. The van der Waals surface area contributed by atoms with E-state index in [1.165, 1.54) is 0 Å². The SMILES string of the molecule is C[C@@H]1CN(C(=O)OC(C)(C)C)CC[C@@H]1Nc1ncc(C(F)(F)F)c(Cl)n1. The number of halogens is 4. The molecule has 2 atom stereocenters. The Morgan fingerprint density at radius 1 is 1.38 bits per heavy atom. The molecule has 0 saturated carbocycles. The Balaban J connectivity index is 1.98. The number of nitrogens with zero attached hydrogens (tertiary/aromatic N) is 3. The highest BCUT2D eigenvalue weighted by molar-refractivity contribution is 6.30. The first-order valence-corrected chi connectivity index (χ1v) is 8.59.